The van der Waals surface area contributed by atoms with Crippen LogP contribution in [-0.2, 0) is 20.9 Å². The molecule has 0 aliphatic carbocycles. The lowest BCUT2D eigenvalue weighted by atomic mass is 10.1. The average Bonchev–Trinajstić information content (AvgIpc) is 2.61. The molecule has 1 heterocycles. The molecule has 8 heteroatoms. The van der Waals surface area contributed by atoms with Crippen molar-refractivity contribution in [3.8, 4) is 5.75 Å². The number of esters is 1. The van der Waals surface area contributed by atoms with Crippen LogP contribution in [0.2, 0.25) is 0 Å². The van der Waals surface area contributed by atoms with Crippen molar-refractivity contribution in [3.63, 3.8) is 0 Å². The summed E-state index contributed by atoms with van der Waals surface area (Å²) in [6, 6.07) is 7.26. The number of anilines is 1. The number of hydrogen-bond acceptors (Lipinski definition) is 6. The first-order valence-electron chi connectivity index (χ1n) is 6.90. The molecule has 2 rings (SSSR count). The van der Waals surface area contributed by atoms with E-state index in [1.54, 1.807) is 24.5 Å². The van der Waals surface area contributed by atoms with Gasteiger partial charge >= 0.3 is 17.8 Å². The number of rotatable bonds is 4. The van der Waals surface area contributed by atoms with E-state index in [2.05, 4.69) is 20.4 Å². The first-order valence-corrected chi connectivity index (χ1v) is 6.90. The van der Waals surface area contributed by atoms with Gasteiger partial charge < -0.3 is 20.5 Å². The molecule has 0 aliphatic rings. The van der Waals surface area contributed by atoms with Gasteiger partial charge in [-0.3, -0.25) is 14.6 Å². The zero-order valence-corrected chi connectivity index (χ0v) is 12.8. The number of methoxy groups -OCH3 is 1. The van der Waals surface area contributed by atoms with Crippen LogP contribution < -0.4 is 10.6 Å². The summed E-state index contributed by atoms with van der Waals surface area (Å²) in [7, 11) is 1.17. The van der Waals surface area contributed by atoms with Gasteiger partial charge in [0.05, 0.1) is 7.11 Å². The Bertz CT molecular complexity index is 762. The molecule has 0 radical (unpaired) electrons. The highest BCUT2D eigenvalue weighted by Gasteiger charge is 2.16. The second-order valence-corrected chi connectivity index (χ2v) is 4.72. The highest BCUT2D eigenvalue weighted by molar-refractivity contribution is 6.39. The van der Waals surface area contributed by atoms with E-state index in [9.17, 15) is 19.5 Å². The van der Waals surface area contributed by atoms with Gasteiger partial charge in [-0.15, -0.1) is 0 Å². The van der Waals surface area contributed by atoms with Crippen LogP contribution in [0.4, 0.5) is 5.69 Å². The maximum absolute atomic E-state index is 11.9. The molecule has 2 amide bonds. The second-order valence-electron chi connectivity index (χ2n) is 4.72. The topological polar surface area (TPSA) is 118 Å². The van der Waals surface area contributed by atoms with Crippen LogP contribution in [0.15, 0.2) is 42.7 Å². The molecule has 24 heavy (non-hydrogen) atoms. The zero-order chi connectivity index (χ0) is 17.5. The molecule has 8 nitrogen and oxygen atoms in total. The third kappa shape index (κ3) is 4.29. The van der Waals surface area contributed by atoms with Crippen molar-refractivity contribution in [3.05, 3.63) is 53.9 Å². The van der Waals surface area contributed by atoms with E-state index in [0.29, 0.717) is 0 Å². The van der Waals surface area contributed by atoms with Crippen LogP contribution in [0.3, 0.4) is 0 Å². The summed E-state index contributed by atoms with van der Waals surface area (Å²) in [4.78, 5) is 39.0. The number of carbonyl (C=O) groups excluding carboxylic acids is 3. The van der Waals surface area contributed by atoms with Gasteiger partial charge in [-0.05, 0) is 29.8 Å². The van der Waals surface area contributed by atoms with E-state index < -0.39 is 17.8 Å². The molecule has 0 saturated heterocycles. The van der Waals surface area contributed by atoms with E-state index in [-0.39, 0.29) is 23.5 Å². The summed E-state index contributed by atoms with van der Waals surface area (Å²) >= 11 is 0. The molecular weight excluding hydrogens is 314 g/mol. The lowest BCUT2D eigenvalue weighted by molar-refractivity contribution is -0.136. The summed E-state index contributed by atoms with van der Waals surface area (Å²) in [5.41, 5.74) is 0.803. The minimum Gasteiger partial charge on any atom is -0.507 e. The highest BCUT2D eigenvalue weighted by Crippen LogP contribution is 2.22. The molecule has 2 aromatic rings. The largest absolute Gasteiger partial charge is 0.507 e. The van der Waals surface area contributed by atoms with Crippen LogP contribution >= 0.6 is 0 Å². The molecule has 124 valence electrons. The Morgan fingerprint density at radius 3 is 2.67 bits per heavy atom. The lowest BCUT2D eigenvalue weighted by Crippen LogP contribution is -2.35. The lowest BCUT2D eigenvalue weighted by Gasteiger charge is -2.08. The number of ether oxygens (including phenoxy) is 1. The van der Waals surface area contributed by atoms with Crippen molar-refractivity contribution in [1.29, 1.82) is 0 Å². The summed E-state index contributed by atoms with van der Waals surface area (Å²) in [6.45, 7) is 0.156. The van der Waals surface area contributed by atoms with Gasteiger partial charge in [-0.25, -0.2) is 4.79 Å². The van der Waals surface area contributed by atoms with Gasteiger partial charge in [-0.2, -0.15) is 0 Å². The fraction of sp³-hybridized carbons (Fsp3) is 0.125. The van der Waals surface area contributed by atoms with Crippen molar-refractivity contribution >= 4 is 23.5 Å². The van der Waals surface area contributed by atoms with Crippen molar-refractivity contribution in [2.75, 3.05) is 12.4 Å². The second kappa shape index (κ2) is 7.73. The Morgan fingerprint density at radius 2 is 2.00 bits per heavy atom. The highest BCUT2D eigenvalue weighted by atomic mass is 16.5. The Balaban J connectivity index is 1.98. The zero-order valence-electron chi connectivity index (χ0n) is 12.8. The van der Waals surface area contributed by atoms with Crippen LogP contribution in [0.1, 0.15) is 15.9 Å². The molecule has 0 atom stereocenters. The molecule has 0 fully saturated rings. The summed E-state index contributed by atoms with van der Waals surface area (Å²) < 4.78 is 4.52. The first-order chi connectivity index (χ1) is 11.5. The molecule has 3 N–H and O–H groups in total. The van der Waals surface area contributed by atoms with E-state index in [4.69, 9.17) is 0 Å². The van der Waals surface area contributed by atoms with Gasteiger partial charge in [0, 0.05) is 24.6 Å². The van der Waals surface area contributed by atoms with Crippen molar-refractivity contribution in [2.45, 2.75) is 6.54 Å². The predicted octanol–water partition coefficient (Wildman–Crippen LogP) is 0.829. The number of aromatic nitrogens is 1. The Kier molecular flexibility index (Phi) is 5.45. The molecule has 1 aromatic heterocycles. The SMILES string of the molecule is COC(=O)c1cc(NC(=O)C(=O)NCc2cccnc2)ccc1O. The number of aromatic hydroxyl groups is 1. The number of nitrogens with zero attached hydrogens (tertiary/aromatic N) is 1. The standard InChI is InChI=1S/C16H15N3O5/c1-24-16(23)12-7-11(4-5-13(12)20)19-15(22)14(21)18-9-10-3-2-6-17-8-10/h2-8,20H,9H2,1H3,(H,18,21)(H,19,22). The summed E-state index contributed by atoms with van der Waals surface area (Å²) in [5, 5.41) is 14.4. The van der Waals surface area contributed by atoms with Crippen LogP contribution in [0.25, 0.3) is 0 Å². The molecule has 0 bridgehead atoms. The number of nitrogens with one attached hydrogen (secondary N) is 2. The normalized spacial score (nSPS) is 9.88. The fourth-order valence-corrected chi connectivity index (χ4v) is 1.84. The van der Waals surface area contributed by atoms with E-state index in [1.165, 1.54) is 25.3 Å². The van der Waals surface area contributed by atoms with E-state index in [0.717, 1.165) is 5.56 Å². The minimum atomic E-state index is -0.902. The fourth-order valence-electron chi connectivity index (χ4n) is 1.84. The third-order valence-corrected chi connectivity index (χ3v) is 3.04. The molecule has 0 aliphatic heterocycles. The Hall–Kier alpha value is -3.42. The predicted molar refractivity (Wildman–Crippen MR) is 84.2 cm³/mol. The van der Waals surface area contributed by atoms with Gasteiger partial charge in [0.2, 0.25) is 0 Å². The van der Waals surface area contributed by atoms with Crippen LogP contribution in [0.5, 0.6) is 5.75 Å². The van der Waals surface area contributed by atoms with Gasteiger partial charge in [-0.1, -0.05) is 6.07 Å². The van der Waals surface area contributed by atoms with Gasteiger partial charge in [0.25, 0.3) is 0 Å². The monoisotopic (exact) mass is 329 g/mol. The number of amides is 2. The van der Waals surface area contributed by atoms with Crippen LogP contribution in [-0.4, -0.2) is 35.0 Å². The van der Waals surface area contributed by atoms with Gasteiger partial charge in [0.1, 0.15) is 11.3 Å². The molecular formula is C16H15N3O5. The minimum absolute atomic E-state index is 0.119. The van der Waals surface area contributed by atoms with E-state index >= 15 is 0 Å². The third-order valence-electron chi connectivity index (χ3n) is 3.04. The number of hydrogen-bond donors (Lipinski definition) is 3. The quantitative estimate of drug-likeness (QED) is 0.434. The smallest absolute Gasteiger partial charge is 0.341 e. The summed E-state index contributed by atoms with van der Waals surface area (Å²) in [6.07, 6.45) is 3.17. The number of phenolic OH excluding ortho intramolecular Hbond substituents is 1. The Labute approximate surface area is 137 Å². The molecule has 1 aromatic carbocycles. The average molecular weight is 329 g/mol. The van der Waals surface area contributed by atoms with Crippen molar-refractivity contribution in [1.82, 2.24) is 10.3 Å². The number of benzene rings is 1. The molecule has 0 spiro atoms. The number of carbonyl (C=O) groups is 3. The summed E-state index contributed by atoms with van der Waals surface area (Å²) in [5.74, 6) is -2.79. The van der Waals surface area contributed by atoms with E-state index in [1.807, 2.05) is 0 Å². The maximum atomic E-state index is 11.9. The number of pyridine rings is 1. The Morgan fingerprint density at radius 1 is 1.21 bits per heavy atom. The van der Waals surface area contributed by atoms with Gasteiger partial charge in [0.15, 0.2) is 0 Å². The van der Waals surface area contributed by atoms with Crippen molar-refractivity contribution < 1.29 is 24.2 Å². The van der Waals surface area contributed by atoms with Crippen LogP contribution in [0, 0.1) is 0 Å². The first kappa shape index (κ1) is 16.9. The molecule has 0 unspecified atom stereocenters. The van der Waals surface area contributed by atoms with Crippen molar-refractivity contribution in [2.24, 2.45) is 0 Å². The number of phenols is 1. The molecule has 0 saturated carbocycles. The maximum Gasteiger partial charge on any atom is 0.341 e.